The molecular weight excluding hydrogens is 308 g/mol. The number of hydrogen-bond donors (Lipinski definition) is 1. The molecule has 3 rings (SSSR count). The monoisotopic (exact) mass is 324 g/mol. The second kappa shape index (κ2) is 6.04. The van der Waals surface area contributed by atoms with Crippen LogP contribution in [0.3, 0.4) is 0 Å². The zero-order valence-electron chi connectivity index (χ0n) is 13.4. The molecule has 0 radical (unpaired) electrons. The van der Waals surface area contributed by atoms with Crippen molar-refractivity contribution >= 4 is 11.5 Å². The van der Waals surface area contributed by atoms with Gasteiger partial charge in [0.25, 0.3) is 5.56 Å². The minimum Gasteiger partial charge on any atom is -0.370 e. The minimum absolute atomic E-state index is 0.0744. The van der Waals surface area contributed by atoms with Crippen LogP contribution < -0.4 is 16.6 Å². The minimum atomic E-state index is -0.601. The topological polar surface area (TPSA) is 97.1 Å². The fourth-order valence-electron chi connectivity index (χ4n) is 2.57. The third kappa shape index (κ3) is 2.56. The molecule has 8 heteroatoms. The van der Waals surface area contributed by atoms with Gasteiger partial charge in [0, 0.05) is 39.5 Å². The Hall–Kier alpha value is -3.34. The van der Waals surface area contributed by atoms with Crippen LogP contribution in [0.1, 0.15) is 11.3 Å². The molecule has 0 bridgehead atoms. The van der Waals surface area contributed by atoms with Gasteiger partial charge in [-0.05, 0) is 12.1 Å². The summed E-state index contributed by atoms with van der Waals surface area (Å²) >= 11 is 0. The summed E-state index contributed by atoms with van der Waals surface area (Å²) in [6.07, 6.45) is 4.43. The molecule has 0 aromatic carbocycles. The summed E-state index contributed by atoms with van der Waals surface area (Å²) in [5.41, 5.74) is 0.576. The van der Waals surface area contributed by atoms with E-state index in [-0.39, 0.29) is 11.4 Å². The van der Waals surface area contributed by atoms with Crippen LogP contribution in [0, 0.1) is 11.3 Å². The van der Waals surface area contributed by atoms with E-state index in [9.17, 15) is 14.9 Å². The Morgan fingerprint density at radius 2 is 2.04 bits per heavy atom. The Labute approximate surface area is 137 Å². The Bertz CT molecular complexity index is 1030. The van der Waals surface area contributed by atoms with Crippen molar-refractivity contribution in [2.75, 3.05) is 11.9 Å². The van der Waals surface area contributed by atoms with Crippen LogP contribution in [0.4, 0.5) is 5.82 Å². The van der Waals surface area contributed by atoms with Gasteiger partial charge in [-0.3, -0.25) is 13.9 Å². The molecule has 0 aliphatic carbocycles. The van der Waals surface area contributed by atoms with Crippen molar-refractivity contribution in [2.45, 2.75) is 6.42 Å². The molecule has 3 aromatic rings. The van der Waals surface area contributed by atoms with Crippen molar-refractivity contribution < 1.29 is 0 Å². The summed E-state index contributed by atoms with van der Waals surface area (Å²) in [6, 6.07) is 7.62. The number of pyridine rings is 1. The van der Waals surface area contributed by atoms with Crippen molar-refractivity contribution in [1.29, 1.82) is 5.26 Å². The predicted molar refractivity (Wildman–Crippen MR) is 89.0 cm³/mol. The van der Waals surface area contributed by atoms with Crippen LogP contribution in [0.25, 0.3) is 5.65 Å². The second-order valence-electron chi connectivity index (χ2n) is 5.42. The van der Waals surface area contributed by atoms with Crippen LogP contribution in [0.5, 0.6) is 0 Å². The zero-order chi connectivity index (χ0) is 17.3. The van der Waals surface area contributed by atoms with Crippen molar-refractivity contribution in [3.63, 3.8) is 0 Å². The lowest BCUT2D eigenvalue weighted by Crippen LogP contribution is -2.40. The summed E-state index contributed by atoms with van der Waals surface area (Å²) in [5, 5.41) is 12.2. The van der Waals surface area contributed by atoms with E-state index in [0.29, 0.717) is 13.0 Å². The largest absolute Gasteiger partial charge is 0.370 e. The molecule has 0 aliphatic rings. The molecule has 24 heavy (non-hydrogen) atoms. The third-order valence-corrected chi connectivity index (χ3v) is 3.86. The van der Waals surface area contributed by atoms with Crippen molar-refractivity contribution in [1.82, 2.24) is 18.5 Å². The lowest BCUT2D eigenvalue weighted by Gasteiger charge is -2.13. The molecule has 0 saturated carbocycles. The first-order valence-corrected chi connectivity index (χ1v) is 7.39. The maximum absolute atomic E-state index is 12.0. The average molecular weight is 324 g/mol. The number of hydrogen-bond acceptors (Lipinski definition) is 5. The Morgan fingerprint density at radius 1 is 1.25 bits per heavy atom. The Morgan fingerprint density at radius 3 is 2.75 bits per heavy atom. The van der Waals surface area contributed by atoms with Gasteiger partial charge in [0.05, 0.1) is 5.69 Å². The molecule has 3 aromatic heterocycles. The summed E-state index contributed by atoms with van der Waals surface area (Å²) in [7, 11) is 2.88. The standard InChI is InChI=1S/C16H16N6O2/c1-20-14(12(9-17)15(23)21(2)16(20)24)18-7-6-11-10-22-8-4-3-5-13(22)19-11/h3-5,8,10,18H,6-7H2,1-2H3. The molecule has 0 aliphatic heterocycles. The number of nitriles is 1. The molecule has 0 fully saturated rings. The SMILES string of the molecule is Cn1c(NCCc2cn3ccccc3n2)c(C#N)c(=O)n(C)c1=O. The van der Waals surface area contributed by atoms with Gasteiger partial charge in [-0.2, -0.15) is 5.26 Å². The highest BCUT2D eigenvalue weighted by Gasteiger charge is 2.15. The van der Waals surface area contributed by atoms with Crippen LogP contribution >= 0.6 is 0 Å². The summed E-state index contributed by atoms with van der Waals surface area (Å²) < 4.78 is 4.11. The van der Waals surface area contributed by atoms with Gasteiger partial charge < -0.3 is 9.72 Å². The summed E-state index contributed by atoms with van der Waals surface area (Å²) in [6.45, 7) is 0.443. The first-order chi connectivity index (χ1) is 11.5. The number of aromatic nitrogens is 4. The van der Waals surface area contributed by atoms with Crippen molar-refractivity contribution in [3.05, 3.63) is 62.7 Å². The van der Waals surface area contributed by atoms with Crippen LogP contribution in [0.15, 0.2) is 40.2 Å². The van der Waals surface area contributed by atoms with E-state index < -0.39 is 11.2 Å². The van der Waals surface area contributed by atoms with E-state index in [0.717, 1.165) is 15.9 Å². The van der Waals surface area contributed by atoms with E-state index in [1.165, 1.54) is 18.7 Å². The smallest absolute Gasteiger partial charge is 0.332 e. The fraction of sp³-hybridized carbons (Fsp3) is 0.250. The van der Waals surface area contributed by atoms with E-state index in [2.05, 4.69) is 10.3 Å². The number of fused-ring (bicyclic) bond motifs is 1. The molecule has 0 amide bonds. The van der Waals surface area contributed by atoms with E-state index in [1.54, 1.807) is 0 Å². The maximum atomic E-state index is 12.0. The van der Waals surface area contributed by atoms with Gasteiger partial charge in [-0.15, -0.1) is 0 Å². The molecular formula is C16H16N6O2. The van der Waals surface area contributed by atoms with Gasteiger partial charge in [0.15, 0.2) is 5.56 Å². The van der Waals surface area contributed by atoms with Crippen molar-refractivity contribution in [2.24, 2.45) is 14.1 Å². The molecule has 122 valence electrons. The maximum Gasteiger partial charge on any atom is 0.332 e. The zero-order valence-corrected chi connectivity index (χ0v) is 13.4. The normalized spacial score (nSPS) is 10.7. The number of nitrogens with one attached hydrogen (secondary N) is 1. The van der Waals surface area contributed by atoms with Crippen molar-refractivity contribution in [3.8, 4) is 6.07 Å². The lowest BCUT2D eigenvalue weighted by molar-refractivity contribution is 0.685. The molecule has 0 unspecified atom stereocenters. The average Bonchev–Trinajstić information content (AvgIpc) is 3.00. The van der Waals surface area contributed by atoms with E-state index in [1.807, 2.05) is 41.1 Å². The molecule has 0 saturated heterocycles. The molecule has 8 nitrogen and oxygen atoms in total. The predicted octanol–water partition coefficient (Wildman–Crippen LogP) is 0.258. The number of anilines is 1. The summed E-state index contributed by atoms with van der Waals surface area (Å²) in [4.78, 5) is 28.5. The third-order valence-electron chi connectivity index (χ3n) is 3.86. The quantitative estimate of drug-likeness (QED) is 0.742. The van der Waals surface area contributed by atoms with Crippen LogP contribution in [-0.4, -0.2) is 25.1 Å². The van der Waals surface area contributed by atoms with Crippen LogP contribution in [-0.2, 0) is 20.5 Å². The van der Waals surface area contributed by atoms with Crippen LogP contribution in [0.2, 0.25) is 0 Å². The van der Waals surface area contributed by atoms with E-state index in [4.69, 9.17) is 0 Å². The first kappa shape index (κ1) is 15.6. The van der Waals surface area contributed by atoms with Gasteiger partial charge in [-0.1, -0.05) is 6.07 Å². The van der Waals surface area contributed by atoms with Gasteiger partial charge in [0.1, 0.15) is 17.5 Å². The van der Waals surface area contributed by atoms with E-state index >= 15 is 0 Å². The highest BCUT2D eigenvalue weighted by atomic mass is 16.2. The first-order valence-electron chi connectivity index (χ1n) is 7.39. The second-order valence-corrected chi connectivity index (χ2v) is 5.42. The Kier molecular flexibility index (Phi) is 3.92. The number of nitrogens with zero attached hydrogens (tertiary/aromatic N) is 5. The lowest BCUT2D eigenvalue weighted by atomic mass is 10.3. The fourth-order valence-corrected chi connectivity index (χ4v) is 2.57. The molecule has 0 atom stereocenters. The number of rotatable bonds is 4. The molecule has 0 spiro atoms. The summed E-state index contributed by atoms with van der Waals surface area (Å²) in [5.74, 6) is 0.231. The highest BCUT2D eigenvalue weighted by Crippen LogP contribution is 2.09. The van der Waals surface area contributed by atoms with Gasteiger partial charge in [0.2, 0.25) is 0 Å². The van der Waals surface area contributed by atoms with Gasteiger partial charge in [-0.25, -0.2) is 9.78 Å². The Balaban J connectivity index is 1.83. The number of imidazole rings is 1. The molecule has 1 N–H and O–H groups in total. The highest BCUT2D eigenvalue weighted by molar-refractivity contribution is 5.51. The molecule has 3 heterocycles. The van der Waals surface area contributed by atoms with Gasteiger partial charge >= 0.3 is 5.69 Å².